The third kappa shape index (κ3) is 4.79. The number of rotatable bonds is 8. The van der Waals surface area contributed by atoms with Crippen molar-refractivity contribution in [2.75, 3.05) is 42.0 Å². The van der Waals surface area contributed by atoms with Gasteiger partial charge in [-0.15, -0.1) is 0 Å². The maximum absolute atomic E-state index is 15.5. The lowest BCUT2D eigenvalue weighted by Crippen LogP contribution is -2.60. The smallest absolute Gasteiger partial charge is 0.273 e. The molecule has 10 nitrogen and oxygen atoms in total. The van der Waals surface area contributed by atoms with Crippen molar-refractivity contribution < 1.29 is 17.9 Å². The van der Waals surface area contributed by atoms with Gasteiger partial charge in [0, 0.05) is 67.0 Å². The minimum Gasteiger partial charge on any atom is -0.493 e. The zero-order chi connectivity index (χ0) is 33.5. The summed E-state index contributed by atoms with van der Waals surface area (Å²) < 4.78 is 37.0. The summed E-state index contributed by atoms with van der Waals surface area (Å²) in [5, 5.41) is 10.7. The van der Waals surface area contributed by atoms with E-state index in [1.54, 1.807) is 48.9 Å². The third-order valence-corrected chi connectivity index (χ3v) is 11.0. The topological polar surface area (TPSA) is 120 Å². The van der Waals surface area contributed by atoms with Crippen LogP contribution in [0.3, 0.4) is 0 Å². The Kier molecular flexibility index (Phi) is 8.07. The number of benzene rings is 3. The first-order chi connectivity index (χ1) is 23.4. The number of amides is 1. The van der Waals surface area contributed by atoms with Crippen LogP contribution in [0, 0.1) is 11.3 Å². The van der Waals surface area contributed by atoms with Crippen molar-refractivity contribution >= 4 is 38.2 Å². The molecular weight excluding hydrogens is 625 g/mol. The van der Waals surface area contributed by atoms with Gasteiger partial charge < -0.3 is 9.64 Å². The van der Waals surface area contributed by atoms with E-state index in [0.29, 0.717) is 72.5 Å². The van der Waals surface area contributed by atoms with Crippen molar-refractivity contribution in [1.82, 2.24) is 14.9 Å². The normalized spacial score (nSPS) is 18.1. The van der Waals surface area contributed by atoms with E-state index in [-0.39, 0.29) is 10.6 Å². The Labute approximate surface area is 279 Å². The Balaban J connectivity index is 1.46. The van der Waals surface area contributed by atoms with E-state index >= 15 is 4.79 Å². The number of para-hydroxylation sites is 2. The zero-order valence-corrected chi connectivity index (χ0v) is 27.5. The van der Waals surface area contributed by atoms with Gasteiger partial charge >= 0.3 is 0 Å². The monoisotopic (exact) mass is 658 g/mol. The molecule has 4 heterocycles. The summed E-state index contributed by atoms with van der Waals surface area (Å²) in [7, 11) is -4.52. The standard InChI is InChI=1S/C37H34N6O4S/c1-3-27-14-19-40-35-29(27)8-7-11-34(35)48(45,46)43-32-13-12-26(25-38)24-31(32)37(36(43)44,30-9-5-6-10-33(30)47-4-2)42-22-20-41(21-23-42)28-15-17-39-18-16-28/h5-19,24H,3-4,20-23H2,1-2H3. The number of sulfonamides is 1. The highest BCUT2D eigenvalue weighted by atomic mass is 32.2. The molecule has 1 fully saturated rings. The molecule has 7 rings (SSSR count). The van der Waals surface area contributed by atoms with Crippen molar-refractivity contribution in [3.05, 3.63) is 120 Å². The fourth-order valence-corrected chi connectivity index (χ4v) is 8.76. The van der Waals surface area contributed by atoms with Crippen LogP contribution in [0.25, 0.3) is 10.9 Å². The number of nitrogens with zero attached hydrogens (tertiary/aromatic N) is 6. The van der Waals surface area contributed by atoms with Crippen molar-refractivity contribution in [1.29, 1.82) is 5.26 Å². The predicted octanol–water partition coefficient (Wildman–Crippen LogP) is 5.26. The van der Waals surface area contributed by atoms with E-state index < -0.39 is 21.5 Å². The average Bonchev–Trinajstić information content (AvgIpc) is 3.40. The number of carbonyl (C=O) groups is 1. The lowest BCUT2D eigenvalue weighted by Gasteiger charge is -2.46. The van der Waals surface area contributed by atoms with Crippen molar-refractivity contribution in [2.24, 2.45) is 0 Å². The number of aromatic nitrogens is 2. The van der Waals surface area contributed by atoms with Crippen LogP contribution in [0.15, 0.2) is 102 Å². The summed E-state index contributed by atoms with van der Waals surface area (Å²) in [6.45, 7) is 6.20. The summed E-state index contributed by atoms with van der Waals surface area (Å²) in [5.74, 6) is -0.183. The van der Waals surface area contributed by atoms with Crippen LogP contribution in [0.1, 0.15) is 36.1 Å². The predicted molar refractivity (Wildman–Crippen MR) is 183 cm³/mol. The number of hydrogen-bond donors (Lipinski definition) is 0. The molecule has 0 aliphatic carbocycles. The van der Waals surface area contributed by atoms with Crippen molar-refractivity contribution in [3.8, 4) is 11.8 Å². The van der Waals surface area contributed by atoms with E-state index in [9.17, 15) is 13.7 Å². The minimum absolute atomic E-state index is 0.0599. The van der Waals surface area contributed by atoms with Gasteiger partial charge in [0.15, 0.2) is 5.54 Å². The second-order valence-corrected chi connectivity index (χ2v) is 13.5. The largest absolute Gasteiger partial charge is 0.493 e. The number of nitriles is 1. The fourth-order valence-electron chi connectivity index (χ4n) is 7.14. The van der Waals surface area contributed by atoms with Crippen LogP contribution in [0.5, 0.6) is 5.75 Å². The number of piperazine rings is 1. The Bertz CT molecular complexity index is 2180. The molecule has 0 radical (unpaired) electrons. The molecule has 3 aromatic carbocycles. The minimum atomic E-state index is -4.52. The van der Waals surface area contributed by atoms with Crippen LogP contribution in [-0.2, 0) is 26.8 Å². The van der Waals surface area contributed by atoms with Gasteiger partial charge in [0.1, 0.15) is 10.6 Å². The molecule has 0 N–H and O–H groups in total. The molecule has 5 aromatic rings. The molecule has 2 aliphatic heterocycles. The maximum atomic E-state index is 15.5. The first-order valence-electron chi connectivity index (χ1n) is 16.0. The lowest BCUT2D eigenvalue weighted by atomic mass is 9.80. The SMILES string of the molecule is CCOc1ccccc1C1(N2CCN(c3ccncc3)CC2)C(=O)N(S(=O)(=O)c2cccc3c(CC)ccnc23)c2ccc(C#N)cc21. The van der Waals surface area contributed by atoms with Gasteiger partial charge in [-0.05, 0) is 67.4 Å². The molecule has 1 saturated heterocycles. The Hall–Kier alpha value is -5.31. The van der Waals surface area contributed by atoms with Crippen molar-refractivity contribution in [2.45, 2.75) is 30.7 Å². The highest BCUT2D eigenvalue weighted by molar-refractivity contribution is 7.93. The number of fused-ring (bicyclic) bond motifs is 2. The Morgan fingerprint density at radius 2 is 1.67 bits per heavy atom. The van der Waals surface area contributed by atoms with E-state index in [4.69, 9.17) is 4.74 Å². The molecule has 1 unspecified atom stereocenters. The number of aryl methyl sites for hydroxylation is 1. The molecule has 2 aromatic heterocycles. The van der Waals surface area contributed by atoms with E-state index in [2.05, 4.69) is 20.9 Å². The molecule has 48 heavy (non-hydrogen) atoms. The number of pyridine rings is 2. The first-order valence-corrected chi connectivity index (χ1v) is 17.4. The van der Waals surface area contributed by atoms with Gasteiger partial charge in [0.25, 0.3) is 15.9 Å². The molecule has 2 aliphatic rings. The molecule has 0 saturated carbocycles. The number of ether oxygens (including phenoxy) is 1. The highest BCUT2D eigenvalue weighted by Crippen LogP contribution is 2.53. The van der Waals surface area contributed by atoms with E-state index in [1.165, 1.54) is 6.07 Å². The summed E-state index contributed by atoms with van der Waals surface area (Å²) >= 11 is 0. The van der Waals surface area contributed by atoms with Crippen molar-refractivity contribution in [3.63, 3.8) is 0 Å². The van der Waals surface area contributed by atoms with Gasteiger partial charge in [0.2, 0.25) is 0 Å². The summed E-state index contributed by atoms with van der Waals surface area (Å²) in [5.41, 5.74) is 2.11. The Morgan fingerprint density at radius 1 is 0.896 bits per heavy atom. The maximum Gasteiger partial charge on any atom is 0.273 e. The molecule has 242 valence electrons. The second kappa shape index (κ2) is 12.4. The summed E-state index contributed by atoms with van der Waals surface area (Å²) in [6.07, 6.45) is 5.78. The average molecular weight is 659 g/mol. The second-order valence-electron chi connectivity index (χ2n) is 11.7. The zero-order valence-electron chi connectivity index (χ0n) is 26.7. The van der Waals surface area contributed by atoms with Gasteiger partial charge in [-0.3, -0.25) is 19.7 Å². The van der Waals surface area contributed by atoms with Crippen LogP contribution >= 0.6 is 0 Å². The molecule has 0 spiro atoms. The van der Waals surface area contributed by atoms with Gasteiger partial charge in [-0.25, -0.2) is 12.7 Å². The van der Waals surface area contributed by atoms with Crippen LogP contribution in [-0.4, -0.2) is 62.0 Å². The van der Waals surface area contributed by atoms with Gasteiger partial charge in [-0.2, -0.15) is 5.26 Å². The lowest BCUT2D eigenvalue weighted by molar-refractivity contribution is -0.127. The quantitative estimate of drug-likeness (QED) is 0.220. The molecule has 11 heteroatoms. The van der Waals surface area contributed by atoms with E-state index in [1.807, 2.05) is 61.2 Å². The van der Waals surface area contributed by atoms with Gasteiger partial charge in [-0.1, -0.05) is 37.3 Å². The van der Waals surface area contributed by atoms with E-state index in [0.717, 1.165) is 15.6 Å². The first kappa shape index (κ1) is 31.3. The highest BCUT2D eigenvalue weighted by Gasteiger charge is 2.60. The Morgan fingerprint density at radius 3 is 2.40 bits per heavy atom. The molecule has 1 atom stereocenters. The van der Waals surface area contributed by atoms with Crippen LogP contribution in [0.4, 0.5) is 11.4 Å². The van der Waals surface area contributed by atoms with Gasteiger partial charge in [0.05, 0.1) is 29.4 Å². The molecule has 1 amide bonds. The molecule has 0 bridgehead atoms. The number of hydrogen-bond acceptors (Lipinski definition) is 9. The fraction of sp³-hybridized carbons (Fsp3) is 0.243. The third-order valence-electron chi connectivity index (χ3n) is 9.31. The summed E-state index contributed by atoms with van der Waals surface area (Å²) in [4.78, 5) is 28.3. The van der Waals surface area contributed by atoms with Crippen LogP contribution < -0.4 is 13.9 Å². The number of anilines is 2. The van der Waals surface area contributed by atoms with Crippen LogP contribution in [0.2, 0.25) is 0 Å². The summed E-state index contributed by atoms with van der Waals surface area (Å²) in [6, 6.07) is 25.1. The molecular formula is C37H34N6O4S. The number of carbonyl (C=O) groups excluding carboxylic acids is 1.